The van der Waals surface area contributed by atoms with Crippen LogP contribution in [0.2, 0.25) is 0 Å². The van der Waals surface area contributed by atoms with E-state index < -0.39 is 6.03 Å². The lowest BCUT2D eigenvalue weighted by molar-refractivity contribution is -0.120. The van der Waals surface area contributed by atoms with Gasteiger partial charge in [0.25, 0.3) is 0 Å². The summed E-state index contributed by atoms with van der Waals surface area (Å²) in [7, 11) is 2.02. The smallest absolute Gasteiger partial charge is 0.319 e. The number of carbonyl (C=O) groups excluding carboxylic acids is 2. The maximum absolute atomic E-state index is 11.8. The van der Waals surface area contributed by atoms with Crippen LogP contribution in [0.5, 0.6) is 0 Å². The van der Waals surface area contributed by atoms with E-state index in [2.05, 4.69) is 33.0 Å². The van der Waals surface area contributed by atoms with E-state index in [9.17, 15) is 9.59 Å². The molecule has 2 aromatic carbocycles. The third-order valence-corrected chi connectivity index (χ3v) is 3.87. The van der Waals surface area contributed by atoms with E-state index in [0.717, 1.165) is 24.2 Å². The maximum Gasteiger partial charge on any atom is 0.319 e. The second-order valence-electron chi connectivity index (χ2n) is 6.14. The van der Waals surface area contributed by atoms with Gasteiger partial charge in [-0.3, -0.25) is 4.79 Å². The Hall–Kier alpha value is -3.02. The Kier molecular flexibility index (Phi) is 7.49. The molecule has 0 aliphatic rings. The first-order valence-electron chi connectivity index (χ1n) is 8.69. The van der Waals surface area contributed by atoms with Crippen LogP contribution < -0.4 is 20.9 Å². The van der Waals surface area contributed by atoms with E-state index in [0.29, 0.717) is 12.2 Å². The fourth-order valence-electron chi connectivity index (χ4n) is 2.48. The van der Waals surface area contributed by atoms with Gasteiger partial charge >= 0.3 is 6.03 Å². The molecule has 6 nitrogen and oxygen atoms in total. The van der Waals surface area contributed by atoms with E-state index in [1.807, 2.05) is 50.4 Å². The minimum atomic E-state index is -0.394. The van der Waals surface area contributed by atoms with E-state index >= 15 is 0 Å². The maximum atomic E-state index is 11.8. The molecule has 2 rings (SSSR count). The van der Waals surface area contributed by atoms with Crippen LogP contribution in [0.25, 0.3) is 0 Å². The number of rotatable bonds is 8. The molecule has 0 unspecified atom stereocenters. The number of hydrogen-bond donors (Lipinski definition) is 3. The highest BCUT2D eigenvalue weighted by Gasteiger charge is 2.06. The summed E-state index contributed by atoms with van der Waals surface area (Å²) in [5.41, 5.74) is 2.90. The Bertz CT molecular complexity index is 719. The number of urea groups is 1. The summed E-state index contributed by atoms with van der Waals surface area (Å²) in [5, 5.41) is 8.06. The number of anilines is 2. The molecule has 0 radical (unpaired) electrons. The van der Waals surface area contributed by atoms with Gasteiger partial charge in [0, 0.05) is 31.5 Å². The largest absolute Gasteiger partial charge is 0.375 e. The Labute approximate surface area is 154 Å². The number of benzene rings is 2. The normalized spacial score (nSPS) is 10.1. The summed E-state index contributed by atoms with van der Waals surface area (Å²) in [6.07, 6.45) is 0.826. The zero-order chi connectivity index (χ0) is 18.8. The van der Waals surface area contributed by atoms with Gasteiger partial charge in [0.2, 0.25) is 5.91 Å². The molecule has 0 atom stereocenters. The zero-order valence-corrected chi connectivity index (χ0v) is 15.3. The summed E-state index contributed by atoms with van der Waals surface area (Å²) >= 11 is 0. The second kappa shape index (κ2) is 10.1. The van der Waals surface area contributed by atoms with Crippen molar-refractivity contribution in [1.29, 1.82) is 0 Å². The fraction of sp³-hybridized carbons (Fsp3) is 0.300. The minimum Gasteiger partial charge on any atom is -0.375 e. The number of nitrogens with zero attached hydrogens (tertiary/aromatic N) is 1. The van der Waals surface area contributed by atoms with Crippen molar-refractivity contribution in [2.45, 2.75) is 13.3 Å². The van der Waals surface area contributed by atoms with Crippen LogP contribution in [-0.2, 0) is 4.79 Å². The van der Waals surface area contributed by atoms with Crippen molar-refractivity contribution in [2.75, 3.05) is 36.9 Å². The molecule has 3 N–H and O–H groups in total. The van der Waals surface area contributed by atoms with Gasteiger partial charge < -0.3 is 20.9 Å². The molecule has 26 heavy (non-hydrogen) atoms. The van der Waals surface area contributed by atoms with E-state index in [1.165, 1.54) is 0 Å². The number of carbonyl (C=O) groups is 2. The topological polar surface area (TPSA) is 73.5 Å². The zero-order valence-electron chi connectivity index (χ0n) is 15.3. The van der Waals surface area contributed by atoms with Crippen molar-refractivity contribution in [1.82, 2.24) is 10.6 Å². The minimum absolute atomic E-state index is 0.0494. The molecule has 2 aromatic rings. The molecule has 0 aliphatic carbocycles. The van der Waals surface area contributed by atoms with Crippen LogP contribution in [0, 0.1) is 6.92 Å². The van der Waals surface area contributed by atoms with Gasteiger partial charge in [-0.2, -0.15) is 0 Å². The Morgan fingerprint density at radius 2 is 1.77 bits per heavy atom. The van der Waals surface area contributed by atoms with Crippen LogP contribution in [0.1, 0.15) is 12.0 Å². The first-order chi connectivity index (χ1) is 12.5. The molecule has 0 saturated carbocycles. The molecular weight excluding hydrogens is 328 g/mol. The Balaban J connectivity index is 1.59. The molecule has 0 bridgehead atoms. The average Bonchev–Trinajstić information content (AvgIpc) is 2.64. The van der Waals surface area contributed by atoms with Crippen LogP contribution >= 0.6 is 0 Å². The number of hydrogen-bond acceptors (Lipinski definition) is 3. The summed E-state index contributed by atoms with van der Waals surface area (Å²) in [5.74, 6) is -0.202. The second-order valence-corrected chi connectivity index (χ2v) is 6.14. The van der Waals surface area contributed by atoms with Gasteiger partial charge in [-0.1, -0.05) is 30.3 Å². The third kappa shape index (κ3) is 6.84. The lowest BCUT2D eigenvalue weighted by Crippen LogP contribution is -2.39. The molecule has 138 valence electrons. The first-order valence-corrected chi connectivity index (χ1v) is 8.69. The van der Waals surface area contributed by atoms with E-state index in [-0.39, 0.29) is 12.5 Å². The average molecular weight is 354 g/mol. The molecule has 0 aromatic heterocycles. The molecule has 0 saturated heterocycles. The lowest BCUT2D eigenvalue weighted by atomic mass is 10.2. The van der Waals surface area contributed by atoms with Gasteiger partial charge in [0.1, 0.15) is 0 Å². The van der Waals surface area contributed by atoms with Crippen molar-refractivity contribution in [3.8, 4) is 0 Å². The van der Waals surface area contributed by atoms with Crippen molar-refractivity contribution in [3.05, 3.63) is 60.2 Å². The standard InChI is InChI=1S/C20H26N4O2/c1-16-8-6-9-17(14-16)23-20(26)22-15-19(25)21-12-7-13-24(2)18-10-4-3-5-11-18/h3-6,8-11,14H,7,12-13,15H2,1-2H3,(H,21,25)(H2,22,23,26). The van der Waals surface area contributed by atoms with E-state index in [1.54, 1.807) is 6.07 Å². The number of amides is 3. The van der Waals surface area contributed by atoms with Crippen molar-refractivity contribution in [2.24, 2.45) is 0 Å². The van der Waals surface area contributed by atoms with Crippen molar-refractivity contribution >= 4 is 23.3 Å². The number of para-hydroxylation sites is 1. The van der Waals surface area contributed by atoms with Crippen LogP contribution in [-0.4, -0.2) is 38.6 Å². The van der Waals surface area contributed by atoms with Gasteiger partial charge in [-0.25, -0.2) is 4.79 Å². The molecule has 0 aliphatic heterocycles. The summed E-state index contributed by atoms with van der Waals surface area (Å²) in [6.45, 7) is 3.31. The van der Waals surface area contributed by atoms with E-state index in [4.69, 9.17) is 0 Å². The lowest BCUT2D eigenvalue weighted by Gasteiger charge is -2.19. The number of nitrogens with one attached hydrogen (secondary N) is 3. The van der Waals surface area contributed by atoms with Crippen LogP contribution in [0.4, 0.5) is 16.2 Å². The molecule has 0 heterocycles. The third-order valence-electron chi connectivity index (χ3n) is 3.87. The van der Waals surface area contributed by atoms with Gasteiger partial charge in [0.05, 0.1) is 6.54 Å². The van der Waals surface area contributed by atoms with Crippen molar-refractivity contribution in [3.63, 3.8) is 0 Å². The highest BCUT2D eigenvalue weighted by molar-refractivity contribution is 5.92. The van der Waals surface area contributed by atoms with Crippen LogP contribution in [0.3, 0.4) is 0 Å². The molecule has 0 spiro atoms. The first kappa shape index (κ1) is 19.3. The van der Waals surface area contributed by atoms with Gasteiger partial charge in [-0.05, 0) is 43.2 Å². The predicted octanol–water partition coefficient (Wildman–Crippen LogP) is 2.76. The summed E-state index contributed by atoms with van der Waals surface area (Å²) < 4.78 is 0. The fourth-order valence-corrected chi connectivity index (χ4v) is 2.48. The summed E-state index contributed by atoms with van der Waals surface area (Å²) in [4.78, 5) is 25.7. The molecule has 0 fully saturated rings. The van der Waals surface area contributed by atoms with Gasteiger partial charge in [-0.15, -0.1) is 0 Å². The quantitative estimate of drug-likeness (QED) is 0.638. The predicted molar refractivity (Wildman–Crippen MR) is 106 cm³/mol. The van der Waals surface area contributed by atoms with Crippen molar-refractivity contribution < 1.29 is 9.59 Å². The molecular formula is C20H26N4O2. The SMILES string of the molecule is Cc1cccc(NC(=O)NCC(=O)NCCCN(C)c2ccccc2)c1. The number of aryl methyl sites for hydroxylation is 1. The molecule has 6 heteroatoms. The molecule has 3 amide bonds. The Morgan fingerprint density at radius 1 is 1.00 bits per heavy atom. The highest BCUT2D eigenvalue weighted by Crippen LogP contribution is 2.10. The Morgan fingerprint density at radius 3 is 2.50 bits per heavy atom. The highest BCUT2D eigenvalue weighted by atomic mass is 16.2. The van der Waals surface area contributed by atoms with Gasteiger partial charge in [0.15, 0.2) is 0 Å². The summed E-state index contributed by atoms with van der Waals surface area (Å²) in [6, 6.07) is 17.2. The monoisotopic (exact) mass is 354 g/mol. The van der Waals surface area contributed by atoms with Crippen LogP contribution in [0.15, 0.2) is 54.6 Å².